The molecule has 0 fully saturated rings. The molecule has 1 heterocycles. The van der Waals surface area contributed by atoms with E-state index in [1.165, 1.54) is 5.56 Å². The Morgan fingerprint density at radius 3 is 2.24 bits per heavy atom. The Labute approximate surface area is 110 Å². The normalized spacial score (nSPS) is 10.6. The molecule has 0 amide bonds. The molecule has 2 rings (SSSR count). The molecule has 88 valence electrons. The predicted molar refractivity (Wildman–Crippen MR) is 74.0 cm³/mol. The SMILES string of the molecule is CCc1ccc(-c2nc(C)c(C)c(Br)n2)cc1. The van der Waals surface area contributed by atoms with Gasteiger partial charge in [-0.05, 0) is 41.8 Å². The first-order valence-electron chi connectivity index (χ1n) is 5.72. The Morgan fingerprint density at radius 2 is 1.71 bits per heavy atom. The first-order valence-corrected chi connectivity index (χ1v) is 6.51. The minimum absolute atomic E-state index is 0.780. The van der Waals surface area contributed by atoms with Crippen LogP contribution in [0.25, 0.3) is 11.4 Å². The summed E-state index contributed by atoms with van der Waals surface area (Å²) in [6.07, 6.45) is 1.05. The second-order valence-electron chi connectivity index (χ2n) is 4.10. The molecule has 0 aliphatic carbocycles. The highest BCUT2D eigenvalue weighted by Gasteiger charge is 2.07. The Morgan fingerprint density at radius 1 is 1.06 bits per heavy atom. The number of hydrogen-bond acceptors (Lipinski definition) is 2. The second kappa shape index (κ2) is 4.96. The van der Waals surface area contributed by atoms with Gasteiger partial charge in [0.05, 0.1) is 0 Å². The lowest BCUT2D eigenvalue weighted by Gasteiger charge is -2.06. The zero-order chi connectivity index (χ0) is 12.4. The fourth-order valence-corrected chi connectivity index (χ4v) is 2.07. The summed E-state index contributed by atoms with van der Waals surface area (Å²) < 4.78 is 0.875. The van der Waals surface area contributed by atoms with Gasteiger partial charge < -0.3 is 0 Å². The van der Waals surface area contributed by atoms with Crippen LogP contribution >= 0.6 is 15.9 Å². The van der Waals surface area contributed by atoms with Gasteiger partial charge in [0.15, 0.2) is 5.82 Å². The maximum atomic E-state index is 4.52. The van der Waals surface area contributed by atoms with Crippen molar-refractivity contribution in [3.05, 3.63) is 45.7 Å². The molecule has 0 atom stereocenters. The zero-order valence-electron chi connectivity index (χ0n) is 10.3. The fourth-order valence-electron chi connectivity index (χ4n) is 1.61. The van der Waals surface area contributed by atoms with Gasteiger partial charge in [0.1, 0.15) is 4.60 Å². The summed E-state index contributed by atoms with van der Waals surface area (Å²) >= 11 is 3.47. The summed E-state index contributed by atoms with van der Waals surface area (Å²) in [7, 11) is 0. The number of aryl methyl sites for hydroxylation is 2. The van der Waals surface area contributed by atoms with Gasteiger partial charge in [-0.15, -0.1) is 0 Å². The smallest absolute Gasteiger partial charge is 0.160 e. The van der Waals surface area contributed by atoms with Gasteiger partial charge in [0.2, 0.25) is 0 Å². The van der Waals surface area contributed by atoms with Crippen LogP contribution in [0.4, 0.5) is 0 Å². The van der Waals surface area contributed by atoms with Crippen LogP contribution in [0.1, 0.15) is 23.7 Å². The number of halogens is 1. The molecule has 0 saturated carbocycles. The average Bonchev–Trinajstić information content (AvgIpc) is 2.35. The molecular weight excluding hydrogens is 276 g/mol. The van der Waals surface area contributed by atoms with Crippen molar-refractivity contribution in [2.45, 2.75) is 27.2 Å². The van der Waals surface area contributed by atoms with Crippen molar-refractivity contribution >= 4 is 15.9 Å². The van der Waals surface area contributed by atoms with E-state index in [1.54, 1.807) is 0 Å². The highest BCUT2D eigenvalue weighted by Crippen LogP contribution is 2.22. The highest BCUT2D eigenvalue weighted by atomic mass is 79.9. The summed E-state index contributed by atoms with van der Waals surface area (Å²) in [6.45, 7) is 6.17. The van der Waals surface area contributed by atoms with E-state index in [4.69, 9.17) is 0 Å². The van der Waals surface area contributed by atoms with Crippen LogP contribution < -0.4 is 0 Å². The quantitative estimate of drug-likeness (QED) is 0.779. The monoisotopic (exact) mass is 290 g/mol. The Kier molecular flexibility index (Phi) is 3.57. The standard InChI is InChI=1S/C14H15BrN2/c1-4-11-5-7-12(8-6-11)14-16-10(3)9(2)13(15)17-14/h5-8H,4H2,1-3H3. The van der Waals surface area contributed by atoms with Gasteiger partial charge in [-0.2, -0.15) is 0 Å². The predicted octanol–water partition coefficient (Wildman–Crippen LogP) is 4.09. The summed E-state index contributed by atoms with van der Waals surface area (Å²) in [6, 6.07) is 8.41. The molecule has 0 radical (unpaired) electrons. The Hall–Kier alpha value is -1.22. The van der Waals surface area contributed by atoms with E-state index in [-0.39, 0.29) is 0 Å². The van der Waals surface area contributed by atoms with Crippen LogP contribution in [0.15, 0.2) is 28.9 Å². The van der Waals surface area contributed by atoms with Crippen LogP contribution in [-0.4, -0.2) is 9.97 Å². The average molecular weight is 291 g/mol. The number of rotatable bonds is 2. The van der Waals surface area contributed by atoms with Crippen molar-refractivity contribution in [1.82, 2.24) is 9.97 Å². The van der Waals surface area contributed by atoms with Crippen molar-refractivity contribution in [3.8, 4) is 11.4 Å². The van der Waals surface area contributed by atoms with E-state index in [1.807, 2.05) is 13.8 Å². The summed E-state index contributed by atoms with van der Waals surface area (Å²) in [4.78, 5) is 8.98. The van der Waals surface area contributed by atoms with E-state index in [2.05, 4.69) is 57.1 Å². The topological polar surface area (TPSA) is 25.8 Å². The number of aromatic nitrogens is 2. The maximum absolute atomic E-state index is 4.52. The van der Waals surface area contributed by atoms with Crippen LogP contribution in [0.5, 0.6) is 0 Å². The molecule has 0 spiro atoms. The molecule has 0 N–H and O–H groups in total. The molecule has 2 nitrogen and oxygen atoms in total. The number of nitrogens with zero attached hydrogens (tertiary/aromatic N) is 2. The van der Waals surface area contributed by atoms with Crippen LogP contribution in [0, 0.1) is 13.8 Å². The van der Waals surface area contributed by atoms with Crippen molar-refractivity contribution in [2.75, 3.05) is 0 Å². The summed E-state index contributed by atoms with van der Waals surface area (Å²) in [5.41, 5.74) is 4.50. The molecule has 0 saturated heterocycles. The molecule has 17 heavy (non-hydrogen) atoms. The van der Waals surface area contributed by atoms with Gasteiger partial charge in [0.25, 0.3) is 0 Å². The third-order valence-corrected chi connectivity index (χ3v) is 3.72. The number of benzene rings is 1. The van der Waals surface area contributed by atoms with Crippen LogP contribution in [0.3, 0.4) is 0 Å². The molecular formula is C14H15BrN2. The first kappa shape index (κ1) is 12.2. The number of hydrogen-bond donors (Lipinski definition) is 0. The lowest BCUT2D eigenvalue weighted by atomic mass is 10.1. The van der Waals surface area contributed by atoms with Crippen molar-refractivity contribution in [2.24, 2.45) is 0 Å². The lowest BCUT2D eigenvalue weighted by molar-refractivity contribution is 1.05. The van der Waals surface area contributed by atoms with Crippen LogP contribution in [-0.2, 0) is 6.42 Å². The molecule has 3 heteroatoms. The molecule has 0 unspecified atom stereocenters. The largest absolute Gasteiger partial charge is 0.233 e. The molecule has 1 aromatic heterocycles. The van der Waals surface area contributed by atoms with Crippen molar-refractivity contribution < 1.29 is 0 Å². The molecule has 1 aromatic carbocycles. The second-order valence-corrected chi connectivity index (χ2v) is 4.85. The molecule has 2 aromatic rings. The lowest BCUT2D eigenvalue weighted by Crippen LogP contribution is -1.96. The van der Waals surface area contributed by atoms with E-state index in [0.717, 1.165) is 33.7 Å². The maximum Gasteiger partial charge on any atom is 0.160 e. The fraction of sp³-hybridized carbons (Fsp3) is 0.286. The van der Waals surface area contributed by atoms with Gasteiger partial charge in [-0.1, -0.05) is 31.2 Å². The minimum Gasteiger partial charge on any atom is -0.233 e. The van der Waals surface area contributed by atoms with E-state index in [0.29, 0.717) is 0 Å². The van der Waals surface area contributed by atoms with Gasteiger partial charge in [-0.3, -0.25) is 0 Å². The minimum atomic E-state index is 0.780. The Balaban J connectivity index is 2.45. The third kappa shape index (κ3) is 2.55. The van der Waals surface area contributed by atoms with Gasteiger partial charge in [-0.25, -0.2) is 9.97 Å². The molecule has 0 bridgehead atoms. The van der Waals surface area contributed by atoms with Crippen molar-refractivity contribution in [3.63, 3.8) is 0 Å². The van der Waals surface area contributed by atoms with Gasteiger partial charge in [0, 0.05) is 16.8 Å². The van der Waals surface area contributed by atoms with Crippen LogP contribution in [0.2, 0.25) is 0 Å². The van der Waals surface area contributed by atoms with E-state index < -0.39 is 0 Å². The zero-order valence-corrected chi connectivity index (χ0v) is 11.9. The third-order valence-electron chi connectivity index (χ3n) is 2.95. The first-order chi connectivity index (χ1) is 8.11. The van der Waals surface area contributed by atoms with E-state index >= 15 is 0 Å². The van der Waals surface area contributed by atoms with Gasteiger partial charge >= 0.3 is 0 Å². The molecule has 0 aliphatic rings. The van der Waals surface area contributed by atoms with E-state index in [9.17, 15) is 0 Å². The summed E-state index contributed by atoms with van der Waals surface area (Å²) in [5.74, 6) is 0.780. The summed E-state index contributed by atoms with van der Waals surface area (Å²) in [5, 5.41) is 0. The highest BCUT2D eigenvalue weighted by molar-refractivity contribution is 9.10. The Bertz CT molecular complexity index is 509. The molecule has 0 aliphatic heterocycles. The van der Waals surface area contributed by atoms with Crippen molar-refractivity contribution in [1.29, 1.82) is 0 Å².